The predicted octanol–water partition coefficient (Wildman–Crippen LogP) is 3.82. The normalized spacial score (nSPS) is 10.4. The van der Waals surface area contributed by atoms with Gasteiger partial charge in [0.05, 0.1) is 6.61 Å². The minimum absolute atomic E-state index is 0.196. The van der Waals surface area contributed by atoms with Crippen LogP contribution in [0, 0.1) is 0 Å². The van der Waals surface area contributed by atoms with E-state index in [1.54, 1.807) is 18.2 Å². The minimum atomic E-state index is -0.196. The lowest BCUT2D eigenvalue weighted by Crippen LogP contribution is -2.14. The summed E-state index contributed by atoms with van der Waals surface area (Å²) in [6, 6.07) is 12.7. The molecular formula is C16H17BrN2O2. The van der Waals surface area contributed by atoms with E-state index in [-0.39, 0.29) is 5.91 Å². The fourth-order valence-electron chi connectivity index (χ4n) is 1.86. The number of benzene rings is 2. The second kappa shape index (κ2) is 7.24. The summed E-state index contributed by atoms with van der Waals surface area (Å²) in [5.74, 6) is -0.196. The van der Waals surface area contributed by atoms with Crippen molar-refractivity contribution in [2.75, 3.05) is 17.7 Å². The quantitative estimate of drug-likeness (QED) is 0.807. The molecule has 110 valence electrons. The minimum Gasteiger partial charge on any atom is -0.398 e. The van der Waals surface area contributed by atoms with Crippen molar-refractivity contribution in [1.82, 2.24) is 0 Å². The Morgan fingerprint density at radius 2 is 2.05 bits per heavy atom. The number of para-hydroxylation sites is 1. The van der Waals surface area contributed by atoms with E-state index in [4.69, 9.17) is 10.5 Å². The maximum absolute atomic E-state index is 12.3. The number of hydrogen-bond acceptors (Lipinski definition) is 3. The van der Waals surface area contributed by atoms with Gasteiger partial charge in [0.15, 0.2) is 0 Å². The molecule has 0 saturated carbocycles. The molecule has 0 radical (unpaired) electrons. The second-order valence-corrected chi connectivity index (χ2v) is 5.34. The molecule has 0 aliphatic rings. The van der Waals surface area contributed by atoms with Crippen LogP contribution in [0.1, 0.15) is 22.8 Å². The first-order chi connectivity index (χ1) is 10.1. The van der Waals surface area contributed by atoms with Gasteiger partial charge in [-0.05, 0) is 47.1 Å². The number of anilines is 2. The van der Waals surface area contributed by atoms with Gasteiger partial charge in [-0.1, -0.05) is 18.2 Å². The summed E-state index contributed by atoms with van der Waals surface area (Å²) in [5, 5.41) is 2.89. The molecule has 0 unspecified atom stereocenters. The van der Waals surface area contributed by atoms with Crippen molar-refractivity contribution in [3.63, 3.8) is 0 Å². The number of hydrogen-bond donors (Lipinski definition) is 2. The smallest absolute Gasteiger partial charge is 0.255 e. The molecule has 0 bridgehead atoms. The highest BCUT2D eigenvalue weighted by Crippen LogP contribution is 2.22. The lowest BCUT2D eigenvalue weighted by atomic mass is 10.1. The van der Waals surface area contributed by atoms with E-state index < -0.39 is 0 Å². The second-order valence-electron chi connectivity index (χ2n) is 4.48. The van der Waals surface area contributed by atoms with Crippen LogP contribution in [0.15, 0.2) is 46.9 Å². The van der Waals surface area contributed by atoms with E-state index in [1.165, 1.54) is 0 Å². The van der Waals surface area contributed by atoms with E-state index in [9.17, 15) is 4.79 Å². The van der Waals surface area contributed by atoms with Crippen molar-refractivity contribution in [2.45, 2.75) is 13.5 Å². The fourth-order valence-corrected chi connectivity index (χ4v) is 2.11. The first-order valence-corrected chi connectivity index (χ1v) is 7.43. The zero-order chi connectivity index (χ0) is 15.2. The number of nitrogens with two attached hydrogens (primary N) is 1. The third-order valence-corrected chi connectivity index (χ3v) is 3.71. The van der Waals surface area contributed by atoms with E-state index in [1.807, 2.05) is 31.2 Å². The molecule has 4 nitrogen and oxygen atoms in total. The molecule has 3 N–H and O–H groups in total. The Labute approximate surface area is 132 Å². The monoisotopic (exact) mass is 348 g/mol. The van der Waals surface area contributed by atoms with Crippen LogP contribution in [-0.4, -0.2) is 12.5 Å². The number of ether oxygens (including phenoxy) is 1. The van der Waals surface area contributed by atoms with Gasteiger partial charge < -0.3 is 15.8 Å². The van der Waals surface area contributed by atoms with Crippen molar-refractivity contribution in [3.8, 4) is 0 Å². The Morgan fingerprint density at radius 3 is 2.76 bits per heavy atom. The molecule has 0 aliphatic heterocycles. The first-order valence-electron chi connectivity index (χ1n) is 6.64. The molecule has 0 atom stereocenters. The van der Waals surface area contributed by atoms with E-state index >= 15 is 0 Å². The molecule has 21 heavy (non-hydrogen) atoms. The van der Waals surface area contributed by atoms with Crippen LogP contribution in [0.25, 0.3) is 0 Å². The Hall–Kier alpha value is -1.85. The molecule has 2 aromatic carbocycles. The largest absolute Gasteiger partial charge is 0.398 e. The lowest BCUT2D eigenvalue weighted by molar-refractivity contribution is 0.102. The number of amides is 1. The van der Waals surface area contributed by atoms with Crippen molar-refractivity contribution in [2.24, 2.45) is 0 Å². The maximum atomic E-state index is 12.3. The van der Waals surface area contributed by atoms with Crippen LogP contribution in [-0.2, 0) is 11.3 Å². The Balaban J connectivity index is 2.17. The average Bonchev–Trinajstić information content (AvgIpc) is 2.49. The Morgan fingerprint density at radius 1 is 1.29 bits per heavy atom. The predicted molar refractivity (Wildman–Crippen MR) is 88.3 cm³/mol. The van der Waals surface area contributed by atoms with Gasteiger partial charge in [-0.2, -0.15) is 0 Å². The molecule has 0 saturated heterocycles. The van der Waals surface area contributed by atoms with Gasteiger partial charge in [0.1, 0.15) is 0 Å². The Kier molecular flexibility index (Phi) is 5.36. The summed E-state index contributed by atoms with van der Waals surface area (Å²) >= 11 is 3.31. The third kappa shape index (κ3) is 4.06. The van der Waals surface area contributed by atoms with Crippen molar-refractivity contribution < 1.29 is 9.53 Å². The van der Waals surface area contributed by atoms with Gasteiger partial charge in [-0.3, -0.25) is 4.79 Å². The molecule has 1 amide bonds. The highest BCUT2D eigenvalue weighted by Gasteiger charge is 2.10. The summed E-state index contributed by atoms with van der Waals surface area (Å²) in [6.45, 7) is 3.03. The molecule has 0 aliphatic carbocycles. The average molecular weight is 349 g/mol. The third-order valence-electron chi connectivity index (χ3n) is 2.99. The lowest BCUT2D eigenvalue weighted by Gasteiger charge is -2.11. The van der Waals surface area contributed by atoms with Gasteiger partial charge in [-0.25, -0.2) is 0 Å². The van der Waals surface area contributed by atoms with Crippen LogP contribution in [0.4, 0.5) is 11.4 Å². The summed E-state index contributed by atoms with van der Waals surface area (Å²) in [7, 11) is 0. The van der Waals surface area contributed by atoms with Crippen LogP contribution in [0.3, 0.4) is 0 Å². The van der Waals surface area contributed by atoms with Gasteiger partial charge in [0, 0.05) is 33.6 Å². The van der Waals surface area contributed by atoms with Crippen molar-refractivity contribution in [1.29, 1.82) is 0 Å². The van der Waals surface area contributed by atoms with Crippen molar-refractivity contribution in [3.05, 3.63) is 58.1 Å². The fraction of sp³-hybridized carbons (Fsp3) is 0.188. The summed E-state index contributed by atoms with van der Waals surface area (Å²) < 4.78 is 6.18. The highest BCUT2D eigenvalue weighted by atomic mass is 79.9. The van der Waals surface area contributed by atoms with Crippen molar-refractivity contribution >= 4 is 33.2 Å². The number of nitrogens with one attached hydrogen (secondary N) is 1. The summed E-state index contributed by atoms with van der Waals surface area (Å²) in [5.41, 5.74) is 8.54. The van der Waals surface area contributed by atoms with Gasteiger partial charge in [0.25, 0.3) is 5.91 Å². The molecular weight excluding hydrogens is 332 g/mol. The van der Waals surface area contributed by atoms with E-state index in [0.29, 0.717) is 24.5 Å². The van der Waals surface area contributed by atoms with E-state index in [0.717, 1.165) is 15.7 Å². The standard InChI is InChI=1S/C16H17BrN2O2/c1-2-21-10-12-5-3-4-6-15(12)19-16(20)11-7-8-13(17)14(18)9-11/h3-9H,2,10,18H2,1H3,(H,19,20). The van der Waals surface area contributed by atoms with Crippen LogP contribution in [0.2, 0.25) is 0 Å². The molecule has 2 aromatic rings. The molecule has 5 heteroatoms. The summed E-state index contributed by atoms with van der Waals surface area (Å²) in [4.78, 5) is 12.3. The first kappa shape index (κ1) is 15.5. The molecule has 2 rings (SSSR count). The van der Waals surface area contributed by atoms with Crippen LogP contribution >= 0.6 is 15.9 Å². The van der Waals surface area contributed by atoms with Gasteiger partial charge in [0.2, 0.25) is 0 Å². The van der Waals surface area contributed by atoms with E-state index in [2.05, 4.69) is 21.2 Å². The summed E-state index contributed by atoms with van der Waals surface area (Å²) in [6.07, 6.45) is 0. The highest BCUT2D eigenvalue weighted by molar-refractivity contribution is 9.10. The SMILES string of the molecule is CCOCc1ccccc1NC(=O)c1ccc(Br)c(N)c1. The molecule has 0 heterocycles. The maximum Gasteiger partial charge on any atom is 0.255 e. The zero-order valence-corrected chi connectivity index (χ0v) is 13.3. The molecule has 0 spiro atoms. The van der Waals surface area contributed by atoms with Crippen LogP contribution < -0.4 is 11.1 Å². The topological polar surface area (TPSA) is 64.3 Å². The van der Waals surface area contributed by atoms with Gasteiger partial charge in [-0.15, -0.1) is 0 Å². The Bertz CT molecular complexity index is 644. The van der Waals surface area contributed by atoms with Crippen LogP contribution in [0.5, 0.6) is 0 Å². The molecule has 0 fully saturated rings. The zero-order valence-electron chi connectivity index (χ0n) is 11.7. The number of halogens is 1. The number of rotatable bonds is 5. The number of carbonyl (C=O) groups excluding carboxylic acids is 1. The number of carbonyl (C=O) groups is 1. The van der Waals surface area contributed by atoms with Gasteiger partial charge >= 0.3 is 0 Å². The molecule has 0 aromatic heterocycles. The number of nitrogen functional groups attached to an aromatic ring is 1.